The van der Waals surface area contributed by atoms with Gasteiger partial charge in [0.2, 0.25) is 0 Å². The van der Waals surface area contributed by atoms with Gasteiger partial charge in [-0.3, -0.25) is 0 Å². The minimum atomic E-state index is 0.0462. The van der Waals surface area contributed by atoms with Crippen LogP contribution in [0.5, 0.6) is 11.5 Å². The molecule has 2 atom stereocenters. The van der Waals surface area contributed by atoms with Gasteiger partial charge < -0.3 is 15.6 Å². The van der Waals surface area contributed by atoms with Crippen LogP contribution < -0.4 is 10.5 Å². The van der Waals surface area contributed by atoms with E-state index in [2.05, 4.69) is 34.5 Å². The van der Waals surface area contributed by atoms with Crippen molar-refractivity contribution >= 4 is 5.82 Å². The van der Waals surface area contributed by atoms with Crippen LogP contribution in [0.2, 0.25) is 0 Å². The van der Waals surface area contributed by atoms with Gasteiger partial charge >= 0.3 is 0 Å². The van der Waals surface area contributed by atoms with Crippen LogP contribution in [0, 0.1) is 0 Å². The van der Waals surface area contributed by atoms with Gasteiger partial charge in [-0.2, -0.15) is 0 Å². The normalized spacial score (nSPS) is 19.6. The molecular formula is C22H23N3O2. The van der Waals surface area contributed by atoms with Crippen LogP contribution in [0.25, 0.3) is 11.3 Å². The third-order valence-corrected chi connectivity index (χ3v) is 5.17. The van der Waals surface area contributed by atoms with Crippen molar-refractivity contribution < 1.29 is 9.84 Å². The van der Waals surface area contributed by atoms with Crippen molar-refractivity contribution in [1.29, 1.82) is 0 Å². The minimum Gasteiger partial charge on any atom is -0.507 e. The number of benzene rings is 2. The van der Waals surface area contributed by atoms with Gasteiger partial charge in [0, 0.05) is 17.5 Å². The van der Waals surface area contributed by atoms with E-state index < -0.39 is 0 Å². The van der Waals surface area contributed by atoms with E-state index in [9.17, 15) is 5.11 Å². The Kier molecular flexibility index (Phi) is 4.92. The molecule has 3 aromatic rings. The molecule has 1 fully saturated rings. The van der Waals surface area contributed by atoms with Crippen LogP contribution in [0.15, 0.2) is 60.7 Å². The second-order valence-electron chi connectivity index (χ2n) is 6.95. The summed E-state index contributed by atoms with van der Waals surface area (Å²) in [5.41, 5.74) is 8.50. The number of hydrogen-bond acceptors (Lipinski definition) is 5. The molecule has 1 saturated carbocycles. The van der Waals surface area contributed by atoms with Gasteiger partial charge in [-0.25, -0.2) is 0 Å². The molecule has 1 heterocycles. The highest BCUT2D eigenvalue weighted by Gasteiger charge is 2.29. The number of phenolic OH excluding ortho intramolecular Hbond substituents is 1. The molecular weight excluding hydrogens is 338 g/mol. The van der Waals surface area contributed by atoms with Gasteiger partial charge in [0.1, 0.15) is 17.5 Å². The number of phenols is 1. The Balaban J connectivity index is 1.63. The predicted molar refractivity (Wildman–Crippen MR) is 106 cm³/mol. The topological polar surface area (TPSA) is 81.3 Å². The first-order chi connectivity index (χ1) is 13.2. The number of nitrogen functional groups attached to an aromatic ring is 1. The van der Waals surface area contributed by atoms with Crippen molar-refractivity contribution in [3.8, 4) is 22.8 Å². The van der Waals surface area contributed by atoms with Gasteiger partial charge in [0.15, 0.2) is 11.6 Å². The first-order valence-corrected chi connectivity index (χ1v) is 9.35. The summed E-state index contributed by atoms with van der Waals surface area (Å²) in [6.45, 7) is 0. The molecule has 0 amide bonds. The molecule has 0 bridgehead atoms. The average molecular weight is 361 g/mol. The molecule has 0 spiro atoms. The standard InChI is InChI=1S/C22H23N3O2/c23-22-21(14-18(24-25-22)17-11-4-6-12-19(17)26)27-20-13-7-5-10-16(20)15-8-2-1-3-9-15/h1-4,6,8-9,11-12,14,16,20,26H,5,7,10,13H2,(H2,23,25)/t16-,20+/m1/s1. The maximum atomic E-state index is 10.1. The number of anilines is 1. The Hall–Kier alpha value is -3.08. The Labute approximate surface area is 158 Å². The molecule has 0 aliphatic heterocycles. The molecule has 1 aromatic heterocycles. The van der Waals surface area contributed by atoms with Gasteiger partial charge in [0.25, 0.3) is 0 Å². The summed E-state index contributed by atoms with van der Waals surface area (Å²) in [7, 11) is 0. The van der Waals surface area contributed by atoms with Crippen molar-refractivity contribution in [1.82, 2.24) is 10.2 Å². The number of para-hydroxylation sites is 1. The molecule has 1 aliphatic rings. The third-order valence-electron chi connectivity index (χ3n) is 5.17. The lowest BCUT2D eigenvalue weighted by atomic mass is 9.81. The smallest absolute Gasteiger partial charge is 0.188 e. The summed E-state index contributed by atoms with van der Waals surface area (Å²) in [6.07, 6.45) is 4.46. The van der Waals surface area contributed by atoms with E-state index in [-0.39, 0.29) is 17.7 Å². The van der Waals surface area contributed by atoms with Crippen LogP contribution in [0.3, 0.4) is 0 Å². The Morgan fingerprint density at radius 3 is 2.48 bits per heavy atom. The molecule has 3 N–H and O–H groups in total. The van der Waals surface area contributed by atoms with Gasteiger partial charge in [-0.15, -0.1) is 10.2 Å². The number of nitrogens with two attached hydrogens (primary N) is 1. The second kappa shape index (κ2) is 7.66. The van der Waals surface area contributed by atoms with Crippen LogP contribution in [0.4, 0.5) is 5.82 Å². The number of rotatable bonds is 4. The Morgan fingerprint density at radius 2 is 1.67 bits per heavy atom. The number of aromatic hydroxyl groups is 1. The van der Waals surface area contributed by atoms with Crippen LogP contribution in [0.1, 0.15) is 37.2 Å². The number of hydrogen-bond donors (Lipinski definition) is 2. The lowest BCUT2D eigenvalue weighted by Crippen LogP contribution is -2.29. The zero-order valence-electron chi connectivity index (χ0n) is 15.1. The summed E-state index contributed by atoms with van der Waals surface area (Å²) in [4.78, 5) is 0. The first kappa shape index (κ1) is 17.3. The Morgan fingerprint density at radius 1 is 0.926 bits per heavy atom. The first-order valence-electron chi connectivity index (χ1n) is 9.35. The summed E-state index contributed by atoms with van der Waals surface area (Å²) in [5.74, 6) is 1.28. The van der Waals surface area contributed by atoms with E-state index in [0.29, 0.717) is 22.9 Å². The fraction of sp³-hybridized carbons (Fsp3) is 0.273. The molecule has 138 valence electrons. The van der Waals surface area contributed by atoms with Gasteiger partial charge in [-0.05, 0) is 37.0 Å². The fourth-order valence-corrected chi connectivity index (χ4v) is 3.78. The average Bonchev–Trinajstić information content (AvgIpc) is 2.71. The lowest BCUT2D eigenvalue weighted by Gasteiger charge is -2.32. The van der Waals surface area contributed by atoms with Crippen molar-refractivity contribution in [2.45, 2.75) is 37.7 Å². The molecule has 1 aliphatic carbocycles. The van der Waals surface area contributed by atoms with Gasteiger partial charge in [0.05, 0.1) is 0 Å². The van der Waals surface area contributed by atoms with Crippen LogP contribution >= 0.6 is 0 Å². The van der Waals surface area contributed by atoms with Crippen molar-refractivity contribution in [3.63, 3.8) is 0 Å². The van der Waals surface area contributed by atoms with Crippen LogP contribution in [-0.4, -0.2) is 21.4 Å². The second-order valence-corrected chi connectivity index (χ2v) is 6.95. The molecule has 5 nitrogen and oxygen atoms in total. The highest BCUT2D eigenvalue weighted by atomic mass is 16.5. The zero-order valence-corrected chi connectivity index (χ0v) is 15.1. The molecule has 27 heavy (non-hydrogen) atoms. The van der Waals surface area contributed by atoms with E-state index in [4.69, 9.17) is 10.5 Å². The maximum Gasteiger partial charge on any atom is 0.188 e. The van der Waals surface area contributed by atoms with Crippen LogP contribution in [-0.2, 0) is 0 Å². The number of nitrogens with zero attached hydrogens (tertiary/aromatic N) is 2. The summed E-state index contributed by atoms with van der Waals surface area (Å²) in [6, 6.07) is 19.3. The highest BCUT2D eigenvalue weighted by molar-refractivity contribution is 5.68. The van der Waals surface area contributed by atoms with E-state index in [0.717, 1.165) is 19.3 Å². The van der Waals surface area contributed by atoms with E-state index >= 15 is 0 Å². The fourth-order valence-electron chi connectivity index (χ4n) is 3.78. The molecule has 0 saturated heterocycles. The van der Waals surface area contributed by atoms with E-state index in [1.807, 2.05) is 12.1 Å². The van der Waals surface area contributed by atoms with Gasteiger partial charge in [-0.1, -0.05) is 48.9 Å². The molecule has 0 unspecified atom stereocenters. The Bertz CT molecular complexity index is 914. The largest absolute Gasteiger partial charge is 0.507 e. The predicted octanol–water partition coefficient (Wildman–Crippen LogP) is 4.54. The molecule has 5 heteroatoms. The maximum absolute atomic E-state index is 10.1. The lowest BCUT2D eigenvalue weighted by molar-refractivity contribution is 0.130. The molecule has 0 radical (unpaired) electrons. The van der Waals surface area contributed by atoms with E-state index in [1.165, 1.54) is 12.0 Å². The van der Waals surface area contributed by atoms with Crippen molar-refractivity contribution in [2.24, 2.45) is 0 Å². The molecule has 2 aromatic carbocycles. The summed E-state index contributed by atoms with van der Waals surface area (Å²) < 4.78 is 6.35. The number of aromatic nitrogens is 2. The zero-order chi connectivity index (χ0) is 18.6. The minimum absolute atomic E-state index is 0.0462. The van der Waals surface area contributed by atoms with E-state index in [1.54, 1.807) is 24.3 Å². The monoisotopic (exact) mass is 361 g/mol. The van der Waals surface area contributed by atoms with Crippen molar-refractivity contribution in [3.05, 3.63) is 66.2 Å². The summed E-state index contributed by atoms with van der Waals surface area (Å²) >= 11 is 0. The summed E-state index contributed by atoms with van der Waals surface area (Å²) in [5, 5.41) is 18.3. The SMILES string of the molecule is Nc1nnc(-c2ccccc2O)cc1O[C@H]1CCCC[C@@H]1c1ccccc1. The number of ether oxygens (including phenoxy) is 1. The highest BCUT2D eigenvalue weighted by Crippen LogP contribution is 2.38. The molecule has 4 rings (SSSR count). The third kappa shape index (κ3) is 3.72. The quantitative estimate of drug-likeness (QED) is 0.713. The van der Waals surface area contributed by atoms with Crippen molar-refractivity contribution in [2.75, 3.05) is 5.73 Å².